The molecule has 1 aromatic rings. The van der Waals surface area contributed by atoms with Crippen molar-refractivity contribution in [3.05, 3.63) is 11.9 Å². The topological polar surface area (TPSA) is 96.1 Å². The maximum absolute atomic E-state index is 8.99. The molecule has 0 aromatic carbocycles. The molecule has 6 nitrogen and oxygen atoms in total. The molecule has 1 heterocycles. The molecule has 1 aromatic heterocycles. The maximum atomic E-state index is 8.99. The second kappa shape index (κ2) is 4.85. The van der Waals surface area contributed by atoms with Crippen LogP contribution in [0.1, 0.15) is 25.1 Å². The van der Waals surface area contributed by atoms with Crippen LogP contribution in [0.15, 0.2) is 6.07 Å². The molecule has 0 saturated heterocycles. The summed E-state index contributed by atoms with van der Waals surface area (Å²) < 4.78 is 0. The summed E-state index contributed by atoms with van der Waals surface area (Å²) in [4.78, 5) is 8.41. The molecule has 0 atom stereocenters. The first-order chi connectivity index (χ1) is 8.17. The molecular weight excluding hydrogens is 218 g/mol. The molecule has 6 heteroatoms. The molecule has 94 valence electrons. The number of anilines is 2. The van der Waals surface area contributed by atoms with E-state index in [1.165, 1.54) is 12.8 Å². The van der Waals surface area contributed by atoms with Crippen LogP contribution >= 0.6 is 0 Å². The highest BCUT2D eigenvalue weighted by Gasteiger charge is 2.41. The minimum absolute atomic E-state index is 0.250. The van der Waals surface area contributed by atoms with E-state index in [4.69, 9.17) is 10.9 Å². The highest BCUT2D eigenvalue weighted by Crippen LogP contribution is 2.48. The normalized spacial score (nSPS) is 16.6. The van der Waals surface area contributed by atoms with E-state index in [-0.39, 0.29) is 12.0 Å². The Kier molecular flexibility index (Phi) is 3.44. The SMILES string of the molecule is Cc1nc(NN)cc(NCC2(CCO)CC2)n1. The van der Waals surface area contributed by atoms with Gasteiger partial charge in [-0.3, -0.25) is 0 Å². The first-order valence-electron chi connectivity index (χ1n) is 5.84. The molecule has 0 spiro atoms. The van der Waals surface area contributed by atoms with Crippen LogP contribution in [-0.4, -0.2) is 28.2 Å². The summed E-state index contributed by atoms with van der Waals surface area (Å²) in [6, 6.07) is 1.78. The number of nitrogens with two attached hydrogens (primary N) is 1. The largest absolute Gasteiger partial charge is 0.396 e. The lowest BCUT2D eigenvalue weighted by molar-refractivity contribution is 0.253. The van der Waals surface area contributed by atoms with E-state index < -0.39 is 0 Å². The van der Waals surface area contributed by atoms with E-state index in [1.807, 2.05) is 6.92 Å². The highest BCUT2D eigenvalue weighted by atomic mass is 16.3. The van der Waals surface area contributed by atoms with Gasteiger partial charge < -0.3 is 15.8 Å². The molecule has 0 bridgehead atoms. The number of aryl methyl sites for hydroxylation is 1. The molecule has 1 saturated carbocycles. The zero-order valence-electron chi connectivity index (χ0n) is 10.0. The van der Waals surface area contributed by atoms with Gasteiger partial charge in [0.25, 0.3) is 0 Å². The number of nitrogens with one attached hydrogen (secondary N) is 2. The Labute approximate surface area is 101 Å². The van der Waals surface area contributed by atoms with Gasteiger partial charge in [0, 0.05) is 19.2 Å². The van der Waals surface area contributed by atoms with Gasteiger partial charge in [0.15, 0.2) is 0 Å². The minimum Gasteiger partial charge on any atom is -0.396 e. The van der Waals surface area contributed by atoms with Crippen molar-refractivity contribution in [3.63, 3.8) is 0 Å². The van der Waals surface area contributed by atoms with E-state index in [0.29, 0.717) is 11.6 Å². The summed E-state index contributed by atoms with van der Waals surface area (Å²) >= 11 is 0. The molecule has 0 unspecified atom stereocenters. The number of hydrazine groups is 1. The Morgan fingerprint density at radius 1 is 1.41 bits per heavy atom. The number of hydrogen-bond acceptors (Lipinski definition) is 6. The quantitative estimate of drug-likeness (QED) is 0.428. The van der Waals surface area contributed by atoms with Gasteiger partial charge in [0.05, 0.1) is 0 Å². The highest BCUT2D eigenvalue weighted by molar-refractivity contribution is 5.47. The van der Waals surface area contributed by atoms with Crippen molar-refractivity contribution in [1.29, 1.82) is 0 Å². The number of nitrogen functional groups attached to an aromatic ring is 1. The Balaban J connectivity index is 1.97. The third-order valence-corrected chi connectivity index (χ3v) is 3.23. The summed E-state index contributed by atoms with van der Waals surface area (Å²) in [5.41, 5.74) is 2.78. The Bertz CT molecular complexity index is 391. The molecule has 5 N–H and O–H groups in total. The molecule has 0 amide bonds. The zero-order valence-corrected chi connectivity index (χ0v) is 10.0. The fraction of sp³-hybridized carbons (Fsp3) is 0.636. The predicted octanol–water partition coefficient (Wildman–Crippen LogP) is 0.645. The first-order valence-corrected chi connectivity index (χ1v) is 5.84. The van der Waals surface area contributed by atoms with Gasteiger partial charge >= 0.3 is 0 Å². The lowest BCUT2D eigenvalue weighted by Gasteiger charge is -2.15. The zero-order chi connectivity index (χ0) is 12.3. The van der Waals surface area contributed by atoms with Gasteiger partial charge in [-0.05, 0) is 31.6 Å². The van der Waals surface area contributed by atoms with Crippen LogP contribution in [0.2, 0.25) is 0 Å². The third kappa shape index (κ3) is 3.04. The number of rotatable bonds is 6. The standard InChI is InChI=1S/C11H19N5O/c1-8-14-9(6-10(15-8)16-12)13-7-11(2-3-11)4-5-17/h6,17H,2-5,7,12H2,1H3,(H2,13,14,15,16). The lowest BCUT2D eigenvalue weighted by atomic mass is 10.0. The minimum atomic E-state index is 0.250. The number of aliphatic hydroxyl groups excluding tert-OH is 1. The van der Waals surface area contributed by atoms with Gasteiger partial charge in [-0.1, -0.05) is 0 Å². The molecule has 2 rings (SSSR count). The van der Waals surface area contributed by atoms with Crippen molar-refractivity contribution in [2.24, 2.45) is 11.3 Å². The Morgan fingerprint density at radius 3 is 2.71 bits per heavy atom. The van der Waals surface area contributed by atoms with E-state index in [9.17, 15) is 0 Å². The number of aliphatic hydroxyl groups is 1. The summed E-state index contributed by atoms with van der Waals surface area (Å²) in [6.45, 7) is 2.92. The van der Waals surface area contributed by atoms with Crippen LogP contribution in [0, 0.1) is 12.3 Å². The van der Waals surface area contributed by atoms with E-state index in [0.717, 1.165) is 18.8 Å². The van der Waals surface area contributed by atoms with E-state index in [1.54, 1.807) is 6.07 Å². The average Bonchev–Trinajstić information content (AvgIpc) is 3.07. The number of hydrogen-bond donors (Lipinski definition) is 4. The second-order valence-corrected chi connectivity index (χ2v) is 4.66. The Morgan fingerprint density at radius 2 is 2.12 bits per heavy atom. The predicted molar refractivity (Wildman–Crippen MR) is 66.4 cm³/mol. The summed E-state index contributed by atoms with van der Waals surface area (Å²) in [7, 11) is 0. The lowest BCUT2D eigenvalue weighted by Crippen LogP contribution is -2.18. The van der Waals surface area contributed by atoms with Crippen LogP contribution in [0.4, 0.5) is 11.6 Å². The van der Waals surface area contributed by atoms with E-state index >= 15 is 0 Å². The maximum Gasteiger partial charge on any atom is 0.145 e. The summed E-state index contributed by atoms with van der Waals surface area (Å²) in [5.74, 6) is 7.38. The van der Waals surface area contributed by atoms with Crippen LogP contribution in [0.5, 0.6) is 0 Å². The van der Waals surface area contributed by atoms with Gasteiger partial charge in [0.1, 0.15) is 17.5 Å². The molecule has 1 aliphatic carbocycles. The Hall–Kier alpha value is -1.40. The summed E-state index contributed by atoms with van der Waals surface area (Å²) in [6.07, 6.45) is 3.20. The monoisotopic (exact) mass is 237 g/mol. The van der Waals surface area contributed by atoms with Crippen molar-refractivity contribution >= 4 is 11.6 Å². The molecule has 0 radical (unpaired) electrons. The molecular formula is C11H19N5O. The first kappa shape index (κ1) is 12.1. The third-order valence-electron chi connectivity index (χ3n) is 3.23. The van der Waals surface area contributed by atoms with Crippen molar-refractivity contribution in [2.45, 2.75) is 26.2 Å². The fourth-order valence-corrected chi connectivity index (χ4v) is 1.94. The number of aromatic nitrogens is 2. The van der Waals surface area contributed by atoms with Crippen LogP contribution in [0.3, 0.4) is 0 Å². The van der Waals surface area contributed by atoms with Gasteiger partial charge in [-0.2, -0.15) is 0 Å². The average molecular weight is 237 g/mol. The van der Waals surface area contributed by atoms with Gasteiger partial charge in [-0.15, -0.1) is 0 Å². The molecule has 1 fully saturated rings. The fourth-order valence-electron chi connectivity index (χ4n) is 1.94. The van der Waals surface area contributed by atoms with Crippen LogP contribution in [-0.2, 0) is 0 Å². The van der Waals surface area contributed by atoms with Gasteiger partial charge in [-0.25, -0.2) is 15.8 Å². The van der Waals surface area contributed by atoms with Crippen molar-refractivity contribution in [1.82, 2.24) is 9.97 Å². The van der Waals surface area contributed by atoms with Gasteiger partial charge in [0.2, 0.25) is 0 Å². The van der Waals surface area contributed by atoms with Crippen molar-refractivity contribution < 1.29 is 5.11 Å². The summed E-state index contributed by atoms with van der Waals surface area (Å²) in [5, 5.41) is 12.3. The second-order valence-electron chi connectivity index (χ2n) is 4.66. The molecule has 0 aliphatic heterocycles. The van der Waals surface area contributed by atoms with E-state index in [2.05, 4.69) is 20.7 Å². The van der Waals surface area contributed by atoms with Crippen LogP contribution in [0.25, 0.3) is 0 Å². The molecule has 1 aliphatic rings. The molecule has 17 heavy (non-hydrogen) atoms. The van der Waals surface area contributed by atoms with Crippen molar-refractivity contribution in [3.8, 4) is 0 Å². The van der Waals surface area contributed by atoms with Crippen LogP contribution < -0.4 is 16.6 Å². The smallest absolute Gasteiger partial charge is 0.145 e. The van der Waals surface area contributed by atoms with Crippen molar-refractivity contribution in [2.75, 3.05) is 23.9 Å². The number of nitrogens with zero attached hydrogens (tertiary/aromatic N) is 2.